The molecule has 5 rings (SSSR count). The van der Waals surface area contributed by atoms with E-state index in [-0.39, 0.29) is 37.6 Å². The second kappa shape index (κ2) is 14.3. The van der Waals surface area contributed by atoms with Crippen LogP contribution in [0.15, 0.2) is 102 Å². The van der Waals surface area contributed by atoms with E-state index in [1.807, 2.05) is 0 Å². The number of alkyl halides is 3. The van der Waals surface area contributed by atoms with Crippen LogP contribution >= 0.6 is 0 Å². The molecule has 0 aliphatic heterocycles. The van der Waals surface area contributed by atoms with Gasteiger partial charge in [0.05, 0.1) is 41.2 Å². The second-order valence-corrected chi connectivity index (χ2v) is 10.6. The number of para-hydroxylation sites is 1. The van der Waals surface area contributed by atoms with E-state index in [2.05, 4.69) is 4.98 Å². The van der Waals surface area contributed by atoms with Crippen LogP contribution in [-0.4, -0.2) is 44.5 Å². The average molecular weight is 645 g/mol. The maximum atomic E-state index is 14.0. The Labute approximate surface area is 268 Å². The summed E-state index contributed by atoms with van der Waals surface area (Å²) in [5.41, 5.74) is 0.799. The van der Waals surface area contributed by atoms with E-state index in [0.29, 0.717) is 33.5 Å². The second-order valence-electron chi connectivity index (χ2n) is 10.6. The topological polar surface area (TPSA) is 104 Å². The van der Waals surface area contributed by atoms with E-state index >= 15 is 0 Å². The molecule has 1 unspecified atom stereocenters. The predicted octanol–water partition coefficient (Wildman–Crippen LogP) is 6.07. The van der Waals surface area contributed by atoms with Crippen LogP contribution in [0.5, 0.6) is 5.75 Å². The Balaban J connectivity index is 1.54. The van der Waals surface area contributed by atoms with Gasteiger partial charge in [0.25, 0.3) is 5.56 Å². The SMILES string of the molecule is CCOC(=O)COc1ccc(-n2c(C(C)N(Cc3cccnc3)C(=O)Cc3ccc(C(F)(F)F)cc3)nc3ccccc3c2=O)cc1. The fourth-order valence-corrected chi connectivity index (χ4v) is 5.07. The number of carbonyl (C=O) groups excluding carboxylic acids is 2. The Kier molecular flexibility index (Phi) is 9.98. The Morgan fingerprint density at radius 2 is 1.66 bits per heavy atom. The minimum atomic E-state index is -4.50. The number of amides is 1. The van der Waals surface area contributed by atoms with Crippen molar-refractivity contribution in [2.24, 2.45) is 0 Å². The van der Waals surface area contributed by atoms with E-state index in [9.17, 15) is 27.6 Å². The molecular weight excluding hydrogens is 613 g/mol. The number of ether oxygens (including phenoxy) is 2. The molecule has 0 aliphatic carbocycles. The van der Waals surface area contributed by atoms with Crippen molar-refractivity contribution in [2.45, 2.75) is 39.0 Å². The van der Waals surface area contributed by atoms with Gasteiger partial charge in [-0.25, -0.2) is 9.78 Å². The summed E-state index contributed by atoms with van der Waals surface area (Å²) >= 11 is 0. The number of carbonyl (C=O) groups is 2. The van der Waals surface area contributed by atoms with Gasteiger partial charge in [0, 0.05) is 18.9 Å². The lowest BCUT2D eigenvalue weighted by Crippen LogP contribution is -2.38. The van der Waals surface area contributed by atoms with Crippen molar-refractivity contribution in [3.8, 4) is 11.4 Å². The van der Waals surface area contributed by atoms with Crippen LogP contribution in [0.2, 0.25) is 0 Å². The molecule has 47 heavy (non-hydrogen) atoms. The summed E-state index contributed by atoms with van der Waals surface area (Å²) in [7, 11) is 0. The summed E-state index contributed by atoms with van der Waals surface area (Å²) in [4.78, 5) is 50.2. The first-order chi connectivity index (χ1) is 22.5. The van der Waals surface area contributed by atoms with Crippen LogP contribution in [0.3, 0.4) is 0 Å². The van der Waals surface area contributed by atoms with Crippen LogP contribution in [0, 0.1) is 0 Å². The van der Waals surface area contributed by atoms with Gasteiger partial charge in [0.1, 0.15) is 11.6 Å². The van der Waals surface area contributed by atoms with Gasteiger partial charge in [-0.05, 0) is 79.6 Å². The third kappa shape index (κ3) is 7.83. The van der Waals surface area contributed by atoms with Gasteiger partial charge in [-0.3, -0.25) is 19.1 Å². The molecule has 0 spiro atoms. The maximum Gasteiger partial charge on any atom is 0.416 e. The molecule has 242 valence electrons. The number of benzene rings is 3. The standard InChI is InChI=1S/C35H31F3N4O5/c1-3-46-32(44)22-47-28-16-14-27(15-17-28)42-33(40-30-9-5-4-8-29(30)34(42)45)23(2)41(21-25-7-6-18-39-20-25)31(43)19-24-10-12-26(13-11-24)35(36,37)38/h4-18,20,23H,3,19,21-22H2,1-2H3. The molecule has 0 fully saturated rings. The molecule has 12 heteroatoms. The molecule has 1 atom stereocenters. The number of halogens is 3. The summed E-state index contributed by atoms with van der Waals surface area (Å²) in [6.07, 6.45) is -1.47. The number of hydrogen-bond donors (Lipinski definition) is 0. The highest BCUT2D eigenvalue weighted by atomic mass is 19.4. The first kappa shape index (κ1) is 32.9. The predicted molar refractivity (Wildman–Crippen MR) is 168 cm³/mol. The highest BCUT2D eigenvalue weighted by Crippen LogP contribution is 2.30. The normalized spacial score (nSPS) is 12.0. The van der Waals surface area contributed by atoms with Crippen LogP contribution in [0.1, 0.15) is 42.4 Å². The van der Waals surface area contributed by atoms with Gasteiger partial charge in [-0.15, -0.1) is 0 Å². The van der Waals surface area contributed by atoms with E-state index in [1.165, 1.54) is 21.6 Å². The van der Waals surface area contributed by atoms with Gasteiger partial charge in [0.2, 0.25) is 5.91 Å². The molecule has 0 saturated carbocycles. The summed E-state index contributed by atoms with van der Waals surface area (Å²) in [5.74, 6) is -0.267. The minimum absolute atomic E-state index is 0.0950. The maximum absolute atomic E-state index is 14.0. The summed E-state index contributed by atoms with van der Waals surface area (Å²) in [5, 5.41) is 0.362. The van der Waals surface area contributed by atoms with Crippen LogP contribution in [0.25, 0.3) is 16.6 Å². The Morgan fingerprint density at radius 3 is 2.32 bits per heavy atom. The highest BCUT2D eigenvalue weighted by molar-refractivity contribution is 5.80. The van der Waals surface area contributed by atoms with E-state index < -0.39 is 29.7 Å². The lowest BCUT2D eigenvalue weighted by molar-refractivity contribution is -0.145. The zero-order valence-corrected chi connectivity index (χ0v) is 25.6. The summed E-state index contributed by atoms with van der Waals surface area (Å²) < 4.78 is 51.3. The number of nitrogens with zero attached hydrogens (tertiary/aromatic N) is 4. The molecule has 0 aliphatic rings. The number of pyridine rings is 1. The van der Waals surface area contributed by atoms with E-state index in [4.69, 9.17) is 14.5 Å². The van der Waals surface area contributed by atoms with Crippen LogP contribution < -0.4 is 10.3 Å². The van der Waals surface area contributed by atoms with Gasteiger partial charge >= 0.3 is 12.1 Å². The van der Waals surface area contributed by atoms with Crippen molar-refractivity contribution in [3.63, 3.8) is 0 Å². The van der Waals surface area contributed by atoms with Gasteiger partial charge < -0.3 is 14.4 Å². The summed E-state index contributed by atoms with van der Waals surface area (Å²) in [6, 6.07) is 20.5. The molecule has 0 saturated heterocycles. The molecule has 1 amide bonds. The van der Waals surface area contributed by atoms with Gasteiger partial charge in [-0.2, -0.15) is 13.2 Å². The van der Waals surface area contributed by atoms with E-state index in [0.717, 1.165) is 12.1 Å². The van der Waals surface area contributed by atoms with Crippen molar-refractivity contribution in [1.82, 2.24) is 19.4 Å². The quantitative estimate of drug-likeness (QED) is 0.161. The Bertz CT molecular complexity index is 1910. The van der Waals surface area contributed by atoms with Gasteiger partial charge in [0.15, 0.2) is 6.61 Å². The minimum Gasteiger partial charge on any atom is -0.482 e. The van der Waals surface area contributed by atoms with Crippen LogP contribution in [-0.2, 0) is 33.5 Å². The molecule has 5 aromatic rings. The largest absolute Gasteiger partial charge is 0.482 e. The fraction of sp³-hybridized carbons (Fsp3) is 0.229. The van der Waals surface area contributed by atoms with Crippen molar-refractivity contribution in [3.05, 3.63) is 130 Å². The third-order valence-corrected chi connectivity index (χ3v) is 7.43. The fourth-order valence-electron chi connectivity index (χ4n) is 5.07. The molecule has 0 N–H and O–H groups in total. The van der Waals surface area contributed by atoms with Crippen molar-refractivity contribution in [2.75, 3.05) is 13.2 Å². The molecule has 9 nitrogen and oxygen atoms in total. The number of aromatic nitrogens is 3. The lowest BCUT2D eigenvalue weighted by Gasteiger charge is -2.31. The summed E-state index contributed by atoms with van der Waals surface area (Å²) in [6.45, 7) is 3.48. The molecule has 2 heterocycles. The van der Waals surface area contributed by atoms with Crippen LogP contribution in [0.4, 0.5) is 13.2 Å². The van der Waals surface area contributed by atoms with Crippen molar-refractivity contribution in [1.29, 1.82) is 0 Å². The number of hydrogen-bond acceptors (Lipinski definition) is 7. The molecule has 0 bridgehead atoms. The molecule has 3 aromatic carbocycles. The monoisotopic (exact) mass is 644 g/mol. The lowest BCUT2D eigenvalue weighted by atomic mass is 10.1. The van der Waals surface area contributed by atoms with Crippen molar-refractivity contribution < 1.29 is 32.2 Å². The number of rotatable bonds is 11. The molecule has 0 radical (unpaired) electrons. The zero-order valence-electron chi connectivity index (χ0n) is 25.6. The van der Waals surface area contributed by atoms with E-state index in [1.54, 1.807) is 86.9 Å². The zero-order chi connectivity index (χ0) is 33.6. The third-order valence-electron chi connectivity index (χ3n) is 7.43. The highest BCUT2D eigenvalue weighted by Gasteiger charge is 2.31. The first-order valence-corrected chi connectivity index (χ1v) is 14.8. The first-order valence-electron chi connectivity index (χ1n) is 14.8. The smallest absolute Gasteiger partial charge is 0.416 e. The molecular formula is C35H31F3N4O5. The Morgan fingerprint density at radius 1 is 0.936 bits per heavy atom. The average Bonchev–Trinajstić information content (AvgIpc) is 3.06. The number of fused-ring (bicyclic) bond motifs is 1. The van der Waals surface area contributed by atoms with Crippen molar-refractivity contribution >= 4 is 22.8 Å². The van der Waals surface area contributed by atoms with Gasteiger partial charge in [-0.1, -0.05) is 30.3 Å². The Hall–Kier alpha value is -5.52. The number of esters is 1. The molecule has 2 aromatic heterocycles.